The molecule has 2 aromatic carbocycles. The van der Waals surface area contributed by atoms with Crippen LogP contribution >= 0.6 is 12.4 Å². The Morgan fingerprint density at radius 2 is 1.69 bits per heavy atom. The minimum Gasteiger partial charge on any atom is -0.321 e. The van der Waals surface area contributed by atoms with E-state index in [0.29, 0.717) is 11.4 Å². The first-order valence-electron chi connectivity index (χ1n) is 11.2. The van der Waals surface area contributed by atoms with Crippen LogP contribution in [0.5, 0.6) is 0 Å². The highest BCUT2D eigenvalue weighted by molar-refractivity contribution is 6.03. The Hall–Kier alpha value is -2.70. The molecule has 5 rings (SSSR count). The Labute approximate surface area is 195 Å². The van der Waals surface area contributed by atoms with Crippen molar-refractivity contribution in [2.24, 2.45) is 0 Å². The van der Waals surface area contributed by atoms with Crippen molar-refractivity contribution in [3.63, 3.8) is 0 Å². The molecule has 6 nitrogen and oxygen atoms in total. The molecule has 0 atom stereocenters. The third kappa shape index (κ3) is 4.57. The van der Waals surface area contributed by atoms with Crippen molar-refractivity contribution in [1.29, 1.82) is 0 Å². The number of halogens is 1. The second-order valence-corrected chi connectivity index (χ2v) is 8.82. The lowest BCUT2D eigenvalue weighted by molar-refractivity contribution is 0.102. The number of rotatable bonds is 4. The number of aryl methyl sites for hydroxylation is 2. The number of fused-ring (bicyclic) bond motifs is 1. The molecule has 1 aromatic heterocycles. The number of nitrogens with zero attached hydrogens (tertiary/aromatic N) is 4. The standard InChI is InChI=1S/C25H29N5O.ClH/c1-17-6-10-23(11-7-17)30-27-18(2)24(28-30)25(31)26-21-9-8-19-12-14-29(22-4-3-5-22)15-13-20(19)16-21;/h6-11,16,22H,3-5,12-15H2,1-2H3,(H,26,31);1H. The molecule has 2 aliphatic rings. The normalized spacial score (nSPS) is 16.4. The highest BCUT2D eigenvalue weighted by Gasteiger charge is 2.26. The van der Waals surface area contributed by atoms with Gasteiger partial charge in [0.1, 0.15) is 0 Å². The predicted molar refractivity (Wildman–Crippen MR) is 129 cm³/mol. The van der Waals surface area contributed by atoms with Crippen molar-refractivity contribution in [3.8, 4) is 5.69 Å². The van der Waals surface area contributed by atoms with Gasteiger partial charge in [-0.05, 0) is 74.9 Å². The molecule has 168 valence electrons. The van der Waals surface area contributed by atoms with Crippen molar-refractivity contribution in [3.05, 3.63) is 70.5 Å². The molecule has 32 heavy (non-hydrogen) atoms. The lowest BCUT2D eigenvalue weighted by atomic mass is 9.91. The number of benzene rings is 2. The van der Waals surface area contributed by atoms with E-state index in [1.54, 1.807) is 0 Å². The van der Waals surface area contributed by atoms with Crippen LogP contribution in [0.4, 0.5) is 5.69 Å². The highest BCUT2D eigenvalue weighted by Crippen LogP contribution is 2.28. The van der Waals surface area contributed by atoms with Crippen LogP contribution in [0.3, 0.4) is 0 Å². The third-order valence-electron chi connectivity index (χ3n) is 6.65. The van der Waals surface area contributed by atoms with Crippen LogP contribution in [-0.4, -0.2) is 44.9 Å². The molecule has 0 saturated heterocycles. The van der Waals surface area contributed by atoms with Gasteiger partial charge in [-0.1, -0.05) is 30.2 Å². The monoisotopic (exact) mass is 451 g/mol. The average molecular weight is 452 g/mol. The van der Waals surface area contributed by atoms with E-state index in [4.69, 9.17) is 0 Å². The third-order valence-corrected chi connectivity index (χ3v) is 6.65. The zero-order valence-corrected chi connectivity index (χ0v) is 19.5. The first-order chi connectivity index (χ1) is 15.1. The largest absolute Gasteiger partial charge is 0.321 e. The molecular formula is C25H30ClN5O. The van der Waals surface area contributed by atoms with Crippen molar-refractivity contribution >= 4 is 24.0 Å². The number of amides is 1. The van der Waals surface area contributed by atoms with Crippen LogP contribution in [0.15, 0.2) is 42.5 Å². The first-order valence-corrected chi connectivity index (χ1v) is 11.2. The summed E-state index contributed by atoms with van der Waals surface area (Å²) in [4.78, 5) is 17.1. The SMILES string of the molecule is Cc1ccc(-n2nc(C)c(C(=O)Nc3ccc4c(c3)CCN(C3CCC3)CC4)n2)cc1.Cl. The Morgan fingerprint density at radius 3 is 2.38 bits per heavy atom. The zero-order chi connectivity index (χ0) is 21.4. The van der Waals surface area contributed by atoms with Gasteiger partial charge >= 0.3 is 0 Å². The molecule has 1 fully saturated rings. The molecule has 0 spiro atoms. The Kier molecular flexibility index (Phi) is 6.63. The summed E-state index contributed by atoms with van der Waals surface area (Å²) in [5.74, 6) is -0.222. The number of carbonyl (C=O) groups excluding carboxylic acids is 1. The van der Waals surface area contributed by atoms with Gasteiger partial charge in [-0.2, -0.15) is 9.90 Å². The summed E-state index contributed by atoms with van der Waals surface area (Å²) >= 11 is 0. The minimum absolute atomic E-state index is 0. The van der Waals surface area contributed by atoms with Gasteiger partial charge < -0.3 is 5.32 Å². The number of hydrogen-bond donors (Lipinski definition) is 1. The summed E-state index contributed by atoms with van der Waals surface area (Å²) in [6.07, 6.45) is 6.20. The minimum atomic E-state index is -0.222. The first kappa shape index (κ1) is 22.5. The topological polar surface area (TPSA) is 63.1 Å². The van der Waals surface area contributed by atoms with Crippen LogP contribution in [0.2, 0.25) is 0 Å². The summed E-state index contributed by atoms with van der Waals surface area (Å²) in [6.45, 7) is 6.11. The number of hydrogen-bond acceptors (Lipinski definition) is 4. The number of anilines is 1. The van der Waals surface area contributed by atoms with Gasteiger partial charge in [0.2, 0.25) is 0 Å². The second-order valence-electron chi connectivity index (χ2n) is 8.82. The number of nitrogens with one attached hydrogen (secondary N) is 1. The van der Waals surface area contributed by atoms with Gasteiger partial charge in [0, 0.05) is 24.8 Å². The fourth-order valence-corrected chi connectivity index (χ4v) is 4.51. The van der Waals surface area contributed by atoms with Crippen molar-refractivity contribution in [1.82, 2.24) is 19.9 Å². The van der Waals surface area contributed by atoms with Gasteiger partial charge in [-0.15, -0.1) is 17.5 Å². The maximum absolute atomic E-state index is 12.9. The van der Waals surface area contributed by atoms with Crippen LogP contribution in [0, 0.1) is 13.8 Å². The molecule has 1 N–H and O–H groups in total. The summed E-state index contributed by atoms with van der Waals surface area (Å²) < 4.78 is 0. The maximum Gasteiger partial charge on any atom is 0.278 e. The highest BCUT2D eigenvalue weighted by atomic mass is 35.5. The predicted octanol–water partition coefficient (Wildman–Crippen LogP) is 4.51. The average Bonchev–Trinajstić information content (AvgIpc) is 3.00. The molecule has 2 heterocycles. The fraction of sp³-hybridized carbons (Fsp3) is 0.400. The lowest BCUT2D eigenvalue weighted by Crippen LogP contribution is -2.41. The zero-order valence-electron chi connectivity index (χ0n) is 18.7. The molecule has 1 saturated carbocycles. The van der Waals surface area contributed by atoms with E-state index in [1.807, 2.05) is 44.2 Å². The van der Waals surface area contributed by atoms with E-state index < -0.39 is 0 Å². The van der Waals surface area contributed by atoms with Crippen LogP contribution in [-0.2, 0) is 12.8 Å². The molecule has 0 bridgehead atoms. The molecule has 7 heteroatoms. The van der Waals surface area contributed by atoms with E-state index in [9.17, 15) is 4.79 Å². The number of carbonyl (C=O) groups is 1. The maximum atomic E-state index is 12.9. The van der Waals surface area contributed by atoms with E-state index >= 15 is 0 Å². The van der Waals surface area contributed by atoms with Crippen LogP contribution in [0.25, 0.3) is 5.69 Å². The summed E-state index contributed by atoms with van der Waals surface area (Å²) in [5, 5.41) is 11.9. The summed E-state index contributed by atoms with van der Waals surface area (Å²) in [6, 6.07) is 15.0. The molecule has 1 aliphatic carbocycles. The van der Waals surface area contributed by atoms with E-state index in [1.165, 1.54) is 40.7 Å². The molecule has 3 aromatic rings. The molecule has 1 aliphatic heterocycles. The fourth-order valence-electron chi connectivity index (χ4n) is 4.51. The van der Waals surface area contributed by atoms with E-state index in [0.717, 1.165) is 43.3 Å². The van der Waals surface area contributed by atoms with Gasteiger partial charge in [-0.3, -0.25) is 9.69 Å². The molecule has 0 radical (unpaired) electrons. The van der Waals surface area contributed by atoms with Crippen molar-refractivity contribution in [2.75, 3.05) is 18.4 Å². The van der Waals surface area contributed by atoms with Crippen molar-refractivity contribution < 1.29 is 4.79 Å². The summed E-state index contributed by atoms with van der Waals surface area (Å²) in [5.41, 5.74) is 6.56. The van der Waals surface area contributed by atoms with E-state index in [-0.39, 0.29) is 18.3 Å². The molecule has 1 amide bonds. The molecular weight excluding hydrogens is 422 g/mol. The summed E-state index contributed by atoms with van der Waals surface area (Å²) in [7, 11) is 0. The van der Waals surface area contributed by atoms with Gasteiger partial charge in [0.25, 0.3) is 5.91 Å². The molecule has 0 unspecified atom stereocenters. The van der Waals surface area contributed by atoms with E-state index in [2.05, 4.69) is 32.5 Å². The Bertz CT molecular complexity index is 1100. The van der Waals surface area contributed by atoms with Gasteiger partial charge in [0.15, 0.2) is 5.69 Å². The van der Waals surface area contributed by atoms with Crippen molar-refractivity contribution in [2.45, 2.75) is 52.0 Å². The quantitative estimate of drug-likeness (QED) is 0.633. The van der Waals surface area contributed by atoms with Gasteiger partial charge in [0.05, 0.1) is 11.4 Å². The number of aromatic nitrogens is 3. The van der Waals surface area contributed by atoms with Crippen LogP contribution < -0.4 is 5.32 Å². The van der Waals surface area contributed by atoms with Gasteiger partial charge in [-0.25, -0.2) is 0 Å². The lowest BCUT2D eigenvalue weighted by Gasteiger charge is -2.36. The Morgan fingerprint density at radius 1 is 0.969 bits per heavy atom. The van der Waals surface area contributed by atoms with Crippen LogP contribution in [0.1, 0.15) is 52.1 Å². The second kappa shape index (κ2) is 9.43. The Balaban J connectivity index is 0.00000245. The smallest absolute Gasteiger partial charge is 0.278 e.